The molecule has 1 aromatic rings. The van der Waals surface area contributed by atoms with E-state index in [-0.39, 0.29) is 19.0 Å². The summed E-state index contributed by atoms with van der Waals surface area (Å²) in [7, 11) is 0. The Bertz CT molecular complexity index is 497. The number of amides is 2. The number of nitrogens with one attached hydrogen (secondary N) is 1. The summed E-state index contributed by atoms with van der Waals surface area (Å²) < 4.78 is 0.936. The molecule has 1 rings (SSSR count). The van der Waals surface area contributed by atoms with E-state index in [2.05, 4.69) is 27.9 Å². The Morgan fingerprint density at radius 1 is 1.30 bits per heavy atom. The van der Waals surface area contributed by atoms with Gasteiger partial charge in [0.2, 0.25) is 0 Å². The maximum Gasteiger partial charge on any atom is 0.322 e. The molecule has 0 aliphatic heterocycles. The second-order valence-electron chi connectivity index (χ2n) is 5.38. The maximum atomic E-state index is 12.3. The molecule has 5 nitrogen and oxygen atoms in total. The molecule has 0 saturated carbocycles. The van der Waals surface area contributed by atoms with E-state index in [0.717, 1.165) is 9.26 Å². The van der Waals surface area contributed by atoms with Gasteiger partial charge in [0.1, 0.15) is 0 Å². The van der Waals surface area contributed by atoms with Gasteiger partial charge >= 0.3 is 12.0 Å². The molecule has 0 radical (unpaired) electrons. The summed E-state index contributed by atoms with van der Waals surface area (Å²) in [4.78, 5) is 24.6. The molecule has 110 valence electrons. The highest BCUT2D eigenvalue weighted by Gasteiger charge is 2.27. The minimum Gasteiger partial charge on any atom is -0.481 e. The molecule has 0 spiro atoms. The Labute approximate surface area is 132 Å². The highest BCUT2D eigenvalue weighted by atomic mass is 127. The van der Waals surface area contributed by atoms with Crippen LogP contribution in [0.2, 0.25) is 0 Å². The number of aliphatic carboxylic acids is 1. The number of carboxylic acid groups (broad SMARTS) is 1. The van der Waals surface area contributed by atoms with Gasteiger partial charge in [-0.3, -0.25) is 4.79 Å². The van der Waals surface area contributed by atoms with Gasteiger partial charge in [-0.25, -0.2) is 4.79 Å². The molecule has 2 amide bonds. The smallest absolute Gasteiger partial charge is 0.322 e. The molecule has 0 aliphatic rings. The number of para-hydroxylation sites is 1. The number of hydrogen-bond acceptors (Lipinski definition) is 2. The summed E-state index contributed by atoms with van der Waals surface area (Å²) in [5.41, 5.74) is 0.280. The van der Waals surface area contributed by atoms with Gasteiger partial charge in [-0.1, -0.05) is 12.1 Å². The van der Waals surface area contributed by atoms with E-state index in [1.54, 1.807) is 0 Å². The predicted octanol–water partition coefficient (Wildman–Crippen LogP) is 3.40. The zero-order valence-electron chi connectivity index (χ0n) is 11.8. The summed E-state index contributed by atoms with van der Waals surface area (Å²) in [6.45, 7) is 5.81. The summed E-state index contributed by atoms with van der Waals surface area (Å²) in [6, 6.07) is 7.16. The van der Waals surface area contributed by atoms with Crippen molar-refractivity contribution in [3.8, 4) is 0 Å². The Balaban J connectivity index is 2.83. The van der Waals surface area contributed by atoms with Crippen molar-refractivity contribution >= 4 is 40.3 Å². The third-order valence-corrected chi connectivity index (χ3v) is 3.66. The average Bonchev–Trinajstić information content (AvgIpc) is 2.30. The Morgan fingerprint density at radius 2 is 1.90 bits per heavy atom. The fraction of sp³-hybridized carbons (Fsp3) is 0.429. The normalized spacial score (nSPS) is 11.0. The zero-order chi connectivity index (χ0) is 15.3. The molecule has 0 saturated heterocycles. The van der Waals surface area contributed by atoms with Gasteiger partial charge in [-0.05, 0) is 55.5 Å². The molecular formula is C14H19IN2O3. The van der Waals surface area contributed by atoms with Gasteiger partial charge < -0.3 is 15.3 Å². The Hall–Kier alpha value is -1.31. The first kappa shape index (κ1) is 16.7. The molecule has 0 heterocycles. The van der Waals surface area contributed by atoms with Crippen LogP contribution >= 0.6 is 22.6 Å². The van der Waals surface area contributed by atoms with Crippen LogP contribution in [0.5, 0.6) is 0 Å². The second-order valence-corrected chi connectivity index (χ2v) is 6.54. The number of carboxylic acids is 1. The van der Waals surface area contributed by atoms with E-state index < -0.39 is 11.5 Å². The van der Waals surface area contributed by atoms with Crippen LogP contribution in [0.3, 0.4) is 0 Å². The average molecular weight is 390 g/mol. The first-order valence-corrected chi connectivity index (χ1v) is 7.34. The number of carbonyl (C=O) groups excluding carboxylic acids is 1. The number of benzene rings is 1. The van der Waals surface area contributed by atoms with Crippen LogP contribution in [-0.4, -0.2) is 34.1 Å². The van der Waals surface area contributed by atoms with E-state index in [0.29, 0.717) is 0 Å². The van der Waals surface area contributed by atoms with Gasteiger partial charge in [-0.2, -0.15) is 0 Å². The predicted molar refractivity (Wildman–Crippen MR) is 86.9 cm³/mol. The lowest BCUT2D eigenvalue weighted by Gasteiger charge is -2.35. The Morgan fingerprint density at radius 3 is 2.40 bits per heavy atom. The first-order chi connectivity index (χ1) is 9.21. The molecule has 0 fully saturated rings. The molecule has 0 bridgehead atoms. The third kappa shape index (κ3) is 4.99. The lowest BCUT2D eigenvalue weighted by atomic mass is 10.1. The van der Waals surface area contributed by atoms with Crippen molar-refractivity contribution in [1.29, 1.82) is 0 Å². The summed E-state index contributed by atoms with van der Waals surface area (Å²) in [6.07, 6.45) is -0.0728. The molecule has 1 aromatic carbocycles. The Kier molecular flexibility index (Phi) is 5.79. The van der Waals surface area contributed by atoms with Crippen LogP contribution in [0.15, 0.2) is 24.3 Å². The van der Waals surface area contributed by atoms with Crippen molar-refractivity contribution in [3.05, 3.63) is 27.8 Å². The number of carbonyl (C=O) groups is 2. The fourth-order valence-electron chi connectivity index (χ4n) is 1.69. The first-order valence-electron chi connectivity index (χ1n) is 6.27. The van der Waals surface area contributed by atoms with Crippen LogP contribution in [-0.2, 0) is 4.79 Å². The molecular weight excluding hydrogens is 371 g/mol. The summed E-state index contributed by atoms with van der Waals surface area (Å²) >= 11 is 2.14. The van der Waals surface area contributed by atoms with Crippen molar-refractivity contribution in [2.24, 2.45) is 0 Å². The molecule has 0 aliphatic carbocycles. The van der Waals surface area contributed by atoms with E-state index in [9.17, 15) is 9.59 Å². The van der Waals surface area contributed by atoms with E-state index in [1.165, 1.54) is 4.90 Å². The second kappa shape index (κ2) is 6.92. The van der Waals surface area contributed by atoms with Crippen LogP contribution in [0.4, 0.5) is 10.5 Å². The molecule has 6 heteroatoms. The number of nitrogens with zero attached hydrogens (tertiary/aromatic N) is 1. The topological polar surface area (TPSA) is 69.6 Å². The van der Waals surface area contributed by atoms with Gasteiger partial charge in [0.15, 0.2) is 0 Å². The van der Waals surface area contributed by atoms with E-state index >= 15 is 0 Å². The van der Waals surface area contributed by atoms with Gasteiger partial charge in [-0.15, -0.1) is 0 Å². The molecule has 0 unspecified atom stereocenters. The molecule has 0 atom stereocenters. The standard InChI is InChI=1S/C14H19IN2O3/c1-14(2,3)17(9-8-12(18)19)13(20)16-11-7-5-4-6-10(11)15/h4-7H,8-9H2,1-3H3,(H,16,20)(H,18,19). The van der Waals surface area contributed by atoms with Crippen molar-refractivity contribution < 1.29 is 14.7 Å². The lowest BCUT2D eigenvalue weighted by molar-refractivity contribution is -0.137. The number of hydrogen-bond donors (Lipinski definition) is 2. The summed E-state index contributed by atoms with van der Waals surface area (Å²) in [5, 5.41) is 11.6. The van der Waals surface area contributed by atoms with Crippen LogP contribution in [0, 0.1) is 3.57 Å². The minimum atomic E-state index is -0.915. The number of anilines is 1. The van der Waals surface area contributed by atoms with Crippen molar-refractivity contribution in [1.82, 2.24) is 4.90 Å². The SMILES string of the molecule is CC(C)(C)N(CCC(=O)O)C(=O)Nc1ccccc1I. The van der Waals surface area contributed by atoms with Crippen LogP contribution in [0.1, 0.15) is 27.2 Å². The quantitative estimate of drug-likeness (QED) is 0.775. The van der Waals surface area contributed by atoms with Crippen molar-refractivity contribution in [2.75, 3.05) is 11.9 Å². The van der Waals surface area contributed by atoms with Crippen LogP contribution < -0.4 is 5.32 Å². The van der Waals surface area contributed by atoms with Gasteiger partial charge in [0, 0.05) is 15.7 Å². The van der Waals surface area contributed by atoms with Crippen molar-refractivity contribution in [2.45, 2.75) is 32.7 Å². The molecule has 20 heavy (non-hydrogen) atoms. The van der Waals surface area contributed by atoms with E-state index in [1.807, 2.05) is 45.0 Å². The van der Waals surface area contributed by atoms with Crippen molar-refractivity contribution in [3.63, 3.8) is 0 Å². The minimum absolute atomic E-state index is 0.0728. The number of rotatable bonds is 4. The lowest BCUT2D eigenvalue weighted by Crippen LogP contribution is -2.48. The highest BCUT2D eigenvalue weighted by molar-refractivity contribution is 14.1. The largest absolute Gasteiger partial charge is 0.481 e. The summed E-state index contributed by atoms with van der Waals surface area (Å²) in [5.74, 6) is -0.915. The molecule has 2 N–H and O–H groups in total. The molecule has 0 aromatic heterocycles. The van der Waals surface area contributed by atoms with Crippen LogP contribution in [0.25, 0.3) is 0 Å². The third-order valence-electron chi connectivity index (χ3n) is 2.72. The monoisotopic (exact) mass is 390 g/mol. The van der Waals surface area contributed by atoms with Gasteiger partial charge in [0.25, 0.3) is 0 Å². The fourth-order valence-corrected chi connectivity index (χ4v) is 2.22. The number of halogens is 1. The number of urea groups is 1. The van der Waals surface area contributed by atoms with Gasteiger partial charge in [0.05, 0.1) is 12.1 Å². The van der Waals surface area contributed by atoms with E-state index in [4.69, 9.17) is 5.11 Å². The maximum absolute atomic E-state index is 12.3. The zero-order valence-corrected chi connectivity index (χ0v) is 14.0. The highest BCUT2D eigenvalue weighted by Crippen LogP contribution is 2.20.